The van der Waals surface area contributed by atoms with Gasteiger partial charge in [-0.3, -0.25) is 0 Å². The van der Waals surface area contributed by atoms with Gasteiger partial charge >= 0.3 is 0 Å². The summed E-state index contributed by atoms with van der Waals surface area (Å²) in [6.45, 7) is 5.94. The summed E-state index contributed by atoms with van der Waals surface area (Å²) in [6, 6.07) is 7.98. The Morgan fingerprint density at radius 2 is 2.25 bits per heavy atom. The van der Waals surface area contributed by atoms with Crippen molar-refractivity contribution in [3.63, 3.8) is 0 Å². The van der Waals surface area contributed by atoms with Crippen LogP contribution < -0.4 is 5.32 Å². The third-order valence-electron chi connectivity index (χ3n) is 2.51. The Hall–Kier alpha value is -1.59. The van der Waals surface area contributed by atoms with Crippen LogP contribution in [-0.4, -0.2) is 6.54 Å². The predicted octanol–water partition coefficient (Wildman–Crippen LogP) is 2.92. The summed E-state index contributed by atoms with van der Waals surface area (Å²) in [5.41, 5.74) is 3.17. The average Bonchev–Trinajstić information content (AvgIpc) is 2.30. The summed E-state index contributed by atoms with van der Waals surface area (Å²) in [4.78, 5) is 0. The quantitative estimate of drug-likeness (QED) is 0.604. The predicted molar refractivity (Wildman–Crippen MR) is 67.0 cm³/mol. The first kappa shape index (κ1) is 12.5. The van der Waals surface area contributed by atoms with Gasteiger partial charge < -0.3 is 5.32 Å². The Bertz CT molecular complexity index is 400. The van der Waals surface area contributed by atoms with Gasteiger partial charge in [-0.1, -0.05) is 18.2 Å². The van der Waals surface area contributed by atoms with Gasteiger partial charge in [-0.15, -0.1) is 0 Å². The van der Waals surface area contributed by atoms with Crippen LogP contribution in [0.3, 0.4) is 0 Å². The fraction of sp³-hybridized carbons (Fsp3) is 0.357. The van der Waals surface area contributed by atoms with E-state index >= 15 is 0 Å². The van der Waals surface area contributed by atoms with Crippen LogP contribution in [0.25, 0.3) is 0 Å². The van der Waals surface area contributed by atoms with Crippen molar-refractivity contribution in [2.75, 3.05) is 6.54 Å². The molecule has 1 N–H and O–H groups in total. The smallest absolute Gasteiger partial charge is 0.0991 e. The Labute approximate surface area is 97.6 Å². The molecule has 0 aliphatic carbocycles. The zero-order valence-electron chi connectivity index (χ0n) is 9.96. The molecule has 16 heavy (non-hydrogen) atoms. The first-order valence-corrected chi connectivity index (χ1v) is 5.59. The number of nitrogens with one attached hydrogen (secondary N) is 1. The molecule has 0 aromatic heterocycles. The molecule has 0 saturated carbocycles. The summed E-state index contributed by atoms with van der Waals surface area (Å²) < 4.78 is 0. The van der Waals surface area contributed by atoms with Gasteiger partial charge in [-0.05, 0) is 50.1 Å². The highest BCUT2D eigenvalue weighted by Gasteiger charge is 1.98. The molecule has 0 radical (unpaired) electrons. The minimum absolute atomic E-state index is 0.732. The molecule has 84 valence electrons. The van der Waals surface area contributed by atoms with E-state index in [1.807, 2.05) is 32.0 Å². The fourth-order valence-corrected chi connectivity index (χ4v) is 1.54. The summed E-state index contributed by atoms with van der Waals surface area (Å²) in [7, 11) is 0. The molecule has 0 amide bonds. The first-order valence-electron chi connectivity index (χ1n) is 5.59. The number of nitrogens with zero attached hydrogens (tertiary/aromatic N) is 1. The van der Waals surface area contributed by atoms with Crippen molar-refractivity contribution in [2.45, 2.75) is 26.8 Å². The van der Waals surface area contributed by atoms with Crippen LogP contribution >= 0.6 is 0 Å². The Morgan fingerprint density at radius 1 is 1.44 bits per heavy atom. The Morgan fingerprint density at radius 3 is 2.88 bits per heavy atom. The van der Waals surface area contributed by atoms with Gasteiger partial charge in [-0.25, -0.2) is 0 Å². The van der Waals surface area contributed by atoms with Crippen LogP contribution in [0, 0.1) is 18.3 Å². The van der Waals surface area contributed by atoms with E-state index in [2.05, 4.69) is 23.5 Å². The highest BCUT2D eigenvalue weighted by Crippen LogP contribution is 2.10. The summed E-state index contributed by atoms with van der Waals surface area (Å²) in [5, 5.41) is 12.1. The van der Waals surface area contributed by atoms with Crippen LogP contribution in [0.15, 0.2) is 30.4 Å². The maximum absolute atomic E-state index is 8.75. The highest BCUT2D eigenvalue weighted by molar-refractivity contribution is 5.37. The molecular weight excluding hydrogens is 196 g/mol. The minimum Gasteiger partial charge on any atom is -0.312 e. The van der Waals surface area contributed by atoms with Crippen molar-refractivity contribution < 1.29 is 0 Å². The zero-order valence-corrected chi connectivity index (χ0v) is 9.96. The molecule has 0 aliphatic heterocycles. The number of aryl methyl sites for hydroxylation is 1. The maximum Gasteiger partial charge on any atom is 0.0991 e. The lowest BCUT2D eigenvalue weighted by molar-refractivity contribution is 0.692. The van der Waals surface area contributed by atoms with Crippen LogP contribution in [0.2, 0.25) is 0 Å². The molecule has 0 heterocycles. The summed E-state index contributed by atoms with van der Waals surface area (Å²) >= 11 is 0. The number of hydrogen-bond acceptors (Lipinski definition) is 2. The summed E-state index contributed by atoms with van der Waals surface area (Å²) in [5.74, 6) is 0. The molecular formula is C14H18N2. The van der Waals surface area contributed by atoms with E-state index in [4.69, 9.17) is 5.26 Å². The third-order valence-corrected chi connectivity index (χ3v) is 2.51. The van der Waals surface area contributed by atoms with Crippen molar-refractivity contribution in [1.82, 2.24) is 5.32 Å². The van der Waals surface area contributed by atoms with E-state index < -0.39 is 0 Å². The van der Waals surface area contributed by atoms with Gasteiger partial charge in [0.05, 0.1) is 11.6 Å². The lowest BCUT2D eigenvalue weighted by atomic mass is 10.1. The molecule has 1 aromatic carbocycles. The lowest BCUT2D eigenvalue weighted by Crippen LogP contribution is -2.14. The van der Waals surface area contributed by atoms with E-state index in [0.29, 0.717) is 0 Å². The van der Waals surface area contributed by atoms with Crippen LogP contribution in [0.1, 0.15) is 30.0 Å². The van der Waals surface area contributed by atoms with E-state index in [9.17, 15) is 0 Å². The topological polar surface area (TPSA) is 35.8 Å². The summed E-state index contributed by atoms with van der Waals surface area (Å²) in [6.07, 6.45) is 5.28. The Kier molecular flexibility index (Phi) is 5.31. The fourth-order valence-electron chi connectivity index (χ4n) is 1.54. The molecule has 0 unspecified atom stereocenters. The van der Waals surface area contributed by atoms with Gasteiger partial charge in [-0.2, -0.15) is 5.26 Å². The molecule has 0 aliphatic rings. The average molecular weight is 214 g/mol. The van der Waals surface area contributed by atoms with E-state index in [-0.39, 0.29) is 0 Å². The number of allylic oxidation sites excluding steroid dienone is 1. The van der Waals surface area contributed by atoms with Gasteiger partial charge in [0.1, 0.15) is 0 Å². The third kappa shape index (κ3) is 3.88. The van der Waals surface area contributed by atoms with Gasteiger partial charge in [0, 0.05) is 6.54 Å². The van der Waals surface area contributed by atoms with Crippen molar-refractivity contribution in [3.8, 4) is 6.07 Å². The number of nitriles is 1. The molecule has 0 atom stereocenters. The number of rotatable bonds is 5. The van der Waals surface area contributed by atoms with E-state index in [1.165, 1.54) is 11.1 Å². The molecule has 2 heteroatoms. The van der Waals surface area contributed by atoms with Crippen molar-refractivity contribution >= 4 is 0 Å². The second-order valence-corrected chi connectivity index (χ2v) is 3.79. The van der Waals surface area contributed by atoms with Crippen molar-refractivity contribution in [2.24, 2.45) is 0 Å². The van der Waals surface area contributed by atoms with Crippen molar-refractivity contribution in [1.29, 1.82) is 5.26 Å². The van der Waals surface area contributed by atoms with E-state index in [0.717, 1.165) is 25.1 Å². The zero-order chi connectivity index (χ0) is 11.8. The largest absolute Gasteiger partial charge is 0.312 e. The first-order chi connectivity index (χ1) is 7.77. The molecule has 0 bridgehead atoms. The molecule has 0 fully saturated rings. The molecule has 0 saturated heterocycles. The monoisotopic (exact) mass is 214 g/mol. The molecule has 1 aromatic rings. The SMILES string of the molecule is C/C=C/CCNCc1ccc(C#N)cc1C. The highest BCUT2D eigenvalue weighted by atomic mass is 14.8. The second kappa shape index (κ2) is 6.81. The van der Waals surface area contributed by atoms with Crippen LogP contribution in [0.5, 0.6) is 0 Å². The second-order valence-electron chi connectivity index (χ2n) is 3.79. The van der Waals surface area contributed by atoms with Crippen molar-refractivity contribution in [3.05, 3.63) is 47.0 Å². The van der Waals surface area contributed by atoms with E-state index in [1.54, 1.807) is 0 Å². The normalized spacial score (nSPS) is 10.6. The molecule has 0 spiro atoms. The van der Waals surface area contributed by atoms with Gasteiger partial charge in [0.25, 0.3) is 0 Å². The number of benzene rings is 1. The van der Waals surface area contributed by atoms with Crippen LogP contribution in [-0.2, 0) is 6.54 Å². The molecule has 1 rings (SSSR count). The molecule has 2 nitrogen and oxygen atoms in total. The van der Waals surface area contributed by atoms with Crippen LogP contribution in [0.4, 0.5) is 0 Å². The van der Waals surface area contributed by atoms with Gasteiger partial charge in [0.2, 0.25) is 0 Å². The maximum atomic E-state index is 8.75. The van der Waals surface area contributed by atoms with Gasteiger partial charge in [0.15, 0.2) is 0 Å². The Balaban J connectivity index is 2.46. The standard InChI is InChI=1S/C14H18N2/c1-3-4-5-8-16-11-14-7-6-13(10-15)9-12(14)2/h3-4,6-7,9,16H,5,8,11H2,1-2H3/b4-3+. The lowest BCUT2D eigenvalue weighted by Gasteiger charge is -2.07. The minimum atomic E-state index is 0.732. The number of hydrogen-bond donors (Lipinski definition) is 1.